The summed E-state index contributed by atoms with van der Waals surface area (Å²) < 4.78 is 0. The highest BCUT2D eigenvalue weighted by atomic mass is 16.2. The summed E-state index contributed by atoms with van der Waals surface area (Å²) in [7, 11) is 0. The Morgan fingerprint density at radius 3 is 2.74 bits per heavy atom. The number of rotatable bonds is 7. The molecule has 6 nitrogen and oxygen atoms in total. The van der Waals surface area contributed by atoms with Crippen LogP contribution in [0.1, 0.15) is 49.5 Å². The Morgan fingerprint density at radius 1 is 1.35 bits per heavy atom. The number of nitrogens with one attached hydrogen (secondary N) is 2. The predicted octanol–water partition coefficient (Wildman–Crippen LogP) is 1.90. The minimum atomic E-state index is -0.320. The molecule has 1 aliphatic rings. The molecule has 0 radical (unpaired) electrons. The number of anilines is 1. The van der Waals surface area contributed by atoms with Gasteiger partial charge >= 0.3 is 0 Å². The molecule has 23 heavy (non-hydrogen) atoms. The molecule has 0 spiro atoms. The number of hydrogen-bond donors (Lipinski definition) is 2. The van der Waals surface area contributed by atoms with Crippen molar-refractivity contribution in [3.63, 3.8) is 0 Å². The highest BCUT2D eigenvalue weighted by Crippen LogP contribution is 2.28. The van der Waals surface area contributed by atoms with Crippen molar-refractivity contribution in [3.8, 4) is 0 Å². The first-order valence-electron chi connectivity index (χ1n) is 7.85. The lowest BCUT2D eigenvalue weighted by Crippen LogP contribution is -2.34. The first kappa shape index (κ1) is 17.0. The van der Waals surface area contributed by atoms with Gasteiger partial charge < -0.3 is 10.2 Å². The SMILES string of the molecule is CC(C)Nc1ccc2c(c1)C(=O)N(C(C)CCC(=O)NC=O)C2. The summed E-state index contributed by atoms with van der Waals surface area (Å²) in [5, 5.41) is 5.41. The van der Waals surface area contributed by atoms with Gasteiger partial charge in [0.15, 0.2) is 0 Å². The normalized spacial score (nSPS) is 14.6. The summed E-state index contributed by atoms with van der Waals surface area (Å²) in [4.78, 5) is 35.9. The van der Waals surface area contributed by atoms with Crippen LogP contribution in [0, 0.1) is 0 Å². The summed E-state index contributed by atoms with van der Waals surface area (Å²) in [6, 6.07) is 6.09. The van der Waals surface area contributed by atoms with Gasteiger partial charge in [0, 0.05) is 36.3 Å². The summed E-state index contributed by atoms with van der Waals surface area (Å²) in [5.41, 5.74) is 2.67. The molecule has 0 aromatic heterocycles. The van der Waals surface area contributed by atoms with Gasteiger partial charge in [0.05, 0.1) is 0 Å². The van der Waals surface area contributed by atoms with Crippen LogP contribution in [0.3, 0.4) is 0 Å². The fourth-order valence-electron chi connectivity index (χ4n) is 2.74. The molecule has 0 aliphatic carbocycles. The van der Waals surface area contributed by atoms with Crippen molar-refractivity contribution in [1.29, 1.82) is 0 Å². The molecule has 1 aliphatic heterocycles. The van der Waals surface area contributed by atoms with Crippen LogP contribution in [0.2, 0.25) is 0 Å². The topological polar surface area (TPSA) is 78.5 Å². The molecule has 124 valence electrons. The number of carbonyl (C=O) groups is 3. The maximum absolute atomic E-state index is 12.6. The molecule has 1 aromatic carbocycles. The number of amides is 3. The minimum Gasteiger partial charge on any atom is -0.383 e. The van der Waals surface area contributed by atoms with E-state index in [1.165, 1.54) is 0 Å². The van der Waals surface area contributed by atoms with Gasteiger partial charge in [0.25, 0.3) is 5.91 Å². The predicted molar refractivity (Wildman–Crippen MR) is 88.0 cm³/mol. The highest BCUT2D eigenvalue weighted by molar-refractivity contribution is 5.99. The second-order valence-corrected chi connectivity index (χ2v) is 6.18. The summed E-state index contributed by atoms with van der Waals surface area (Å²) in [6.07, 6.45) is 1.13. The largest absolute Gasteiger partial charge is 0.383 e. The van der Waals surface area contributed by atoms with Crippen molar-refractivity contribution in [2.75, 3.05) is 5.32 Å². The first-order chi connectivity index (χ1) is 10.9. The van der Waals surface area contributed by atoms with Crippen molar-refractivity contribution in [2.45, 2.75) is 52.2 Å². The quantitative estimate of drug-likeness (QED) is 0.753. The Kier molecular flexibility index (Phi) is 5.36. The standard InChI is InChI=1S/C17H23N3O3/c1-11(2)19-14-6-5-13-9-20(17(23)15(13)8-14)12(3)4-7-16(22)18-10-21/h5-6,8,10-12,19H,4,7,9H2,1-3H3,(H,18,21,22). The molecule has 0 fully saturated rings. The average Bonchev–Trinajstić information content (AvgIpc) is 2.82. The van der Waals surface area contributed by atoms with Crippen LogP contribution in [0.15, 0.2) is 18.2 Å². The summed E-state index contributed by atoms with van der Waals surface area (Å²) in [6.45, 7) is 6.58. The zero-order valence-corrected chi connectivity index (χ0v) is 13.8. The lowest BCUT2D eigenvalue weighted by molar-refractivity contribution is -0.125. The molecule has 1 atom stereocenters. The van der Waals surface area contributed by atoms with Gasteiger partial charge in [0.2, 0.25) is 12.3 Å². The minimum absolute atomic E-state index is 0.00398. The number of hydrogen-bond acceptors (Lipinski definition) is 4. The smallest absolute Gasteiger partial charge is 0.254 e. The van der Waals surface area contributed by atoms with E-state index in [-0.39, 0.29) is 24.3 Å². The fraction of sp³-hybridized carbons (Fsp3) is 0.471. The van der Waals surface area contributed by atoms with Crippen molar-refractivity contribution in [2.24, 2.45) is 0 Å². The van der Waals surface area contributed by atoms with E-state index in [0.717, 1.165) is 16.8 Å². The van der Waals surface area contributed by atoms with Gasteiger partial charge in [-0.15, -0.1) is 0 Å². The van der Waals surface area contributed by atoms with E-state index >= 15 is 0 Å². The number of imide groups is 1. The Balaban J connectivity index is 2.02. The Bertz CT molecular complexity index is 613. The third kappa shape index (κ3) is 4.09. The summed E-state index contributed by atoms with van der Waals surface area (Å²) >= 11 is 0. The number of benzene rings is 1. The lowest BCUT2D eigenvalue weighted by atomic mass is 10.1. The molecule has 1 aromatic rings. The van der Waals surface area contributed by atoms with Gasteiger partial charge in [0.1, 0.15) is 0 Å². The van der Waals surface area contributed by atoms with E-state index in [1.54, 1.807) is 4.90 Å². The van der Waals surface area contributed by atoms with Crippen molar-refractivity contribution in [3.05, 3.63) is 29.3 Å². The van der Waals surface area contributed by atoms with Crippen molar-refractivity contribution >= 4 is 23.9 Å². The van der Waals surface area contributed by atoms with Crippen LogP contribution in [-0.2, 0) is 16.1 Å². The van der Waals surface area contributed by atoms with Gasteiger partial charge in [-0.05, 0) is 44.9 Å². The fourth-order valence-corrected chi connectivity index (χ4v) is 2.74. The van der Waals surface area contributed by atoms with E-state index in [4.69, 9.17) is 0 Å². The molecule has 1 heterocycles. The average molecular weight is 317 g/mol. The maximum Gasteiger partial charge on any atom is 0.254 e. The van der Waals surface area contributed by atoms with Crippen LogP contribution in [0.25, 0.3) is 0 Å². The van der Waals surface area contributed by atoms with Crippen LogP contribution in [0.4, 0.5) is 5.69 Å². The van der Waals surface area contributed by atoms with E-state index in [2.05, 4.69) is 10.6 Å². The molecule has 2 rings (SSSR count). The third-order valence-electron chi connectivity index (χ3n) is 3.94. The monoisotopic (exact) mass is 317 g/mol. The number of carbonyl (C=O) groups excluding carboxylic acids is 3. The van der Waals surface area contributed by atoms with Crippen molar-refractivity contribution in [1.82, 2.24) is 10.2 Å². The Morgan fingerprint density at radius 2 is 2.09 bits per heavy atom. The third-order valence-corrected chi connectivity index (χ3v) is 3.94. The molecule has 0 bridgehead atoms. The van der Waals surface area contributed by atoms with Gasteiger partial charge in [-0.25, -0.2) is 0 Å². The van der Waals surface area contributed by atoms with Gasteiger partial charge in [-0.2, -0.15) is 0 Å². The maximum atomic E-state index is 12.6. The molecule has 3 amide bonds. The number of nitrogens with zero attached hydrogens (tertiary/aromatic N) is 1. The Labute approximate surface area is 136 Å². The van der Waals surface area contributed by atoms with Gasteiger partial charge in [-0.3, -0.25) is 19.7 Å². The van der Waals surface area contributed by atoms with E-state index < -0.39 is 0 Å². The lowest BCUT2D eigenvalue weighted by Gasteiger charge is -2.23. The van der Waals surface area contributed by atoms with Gasteiger partial charge in [-0.1, -0.05) is 6.07 Å². The summed E-state index contributed by atoms with van der Waals surface area (Å²) in [5.74, 6) is -0.324. The second-order valence-electron chi connectivity index (χ2n) is 6.18. The van der Waals surface area contributed by atoms with E-state index in [1.807, 2.05) is 39.0 Å². The van der Waals surface area contributed by atoms with E-state index in [9.17, 15) is 14.4 Å². The Hall–Kier alpha value is -2.37. The highest BCUT2D eigenvalue weighted by Gasteiger charge is 2.31. The molecule has 0 saturated heterocycles. The molecular formula is C17H23N3O3. The molecule has 2 N–H and O–H groups in total. The molecular weight excluding hydrogens is 294 g/mol. The second kappa shape index (κ2) is 7.26. The number of fused-ring (bicyclic) bond motifs is 1. The first-order valence-corrected chi connectivity index (χ1v) is 7.85. The zero-order valence-electron chi connectivity index (χ0n) is 13.8. The van der Waals surface area contributed by atoms with Crippen LogP contribution < -0.4 is 10.6 Å². The molecule has 0 saturated carbocycles. The van der Waals surface area contributed by atoms with E-state index in [0.29, 0.717) is 25.4 Å². The molecule has 1 unspecified atom stereocenters. The zero-order chi connectivity index (χ0) is 17.0. The van der Waals surface area contributed by atoms with Crippen LogP contribution >= 0.6 is 0 Å². The van der Waals surface area contributed by atoms with Crippen molar-refractivity contribution < 1.29 is 14.4 Å². The molecule has 6 heteroatoms. The van der Waals surface area contributed by atoms with Crippen LogP contribution in [-0.4, -0.2) is 35.2 Å². The van der Waals surface area contributed by atoms with Crippen LogP contribution in [0.5, 0.6) is 0 Å².